The largest absolute Gasteiger partial charge is 0.481 e. The number of nitrogens with zero attached hydrogens (tertiary/aromatic N) is 1. The molecule has 92 valence electrons. The lowest BCUT2D eigenvalue weighted by Crippen LogP contribution is -2.44. The number of aliphatic carboxylic acids is 1. The van der Waals surface area contributed by atoms with Gasteiger partial charge in [-0.2, -0.15) is 0 Å². The molecule has 1 aliphatic rings. The van der Waals surface area contributed by atoms with Gasteiger partial charge in [0.15, 0.2) is 0 Å². The molecule has 3 nitrogen and oxygen atoms in total. The molecule has 0 spiro atoms. The smallest absolute Gasteiger partial charge is 0.309 e. The molecule has 0 bridgehead atoms. The zero-order valence-electron chi connectivity index (χ0n) is 10.5. The number of rotatable bonds is 5. The van der Waals surface area contributed by atoms with E-state index in [0.717, 1.165) is 50.9 Å². The third-order valence-corrected chi connectivity index (χ3v) is 3.49. The molecule has 0 aliphatic carbocycles. The van der Waals surface area contributed by atoms with E-state index < -0.39 is 11.4 Å². The first-order valence-electron chi connectivity index (χ1n) is 6.10. The zero-order chi connectivity index (χ0) is 12.2. The quantitative estimate of drug-likeness (QED) is 0.731. The van der Waals surface area contributed by atoms with Gasteiger partial charge in [-0.15, -0.1) is 0 Å². The summed E-state index contributed by atoms with van der Waals surface area (Å²) in [6, 6.07) is 0. The summed E-state index contributed by atoms with van der Waals surface area (Å²) in [7, 11) is 0. The van der Waals surface area contributed by atoms with E-state index in [1.54, 1.807) is 0 Å². The van der Waals surface area contributed by atoms with Gasteiger partial charge in [0, 0.05) is 6.54 Å². The molecular weight excluding hydrogens is 202 g/mol. The van der Waals surface area contributed by atoms with Gasteiger partial charge in [0.05, 0.1) is 5.41 Å². The summed E-state index contributed by atoms with van der Waals surface area (Å²) in [5, 5.41) is 9.35. The molecule has 0 unspecified atom stereocenters. The van der Waals surface area contributed by atoms with Crippen molar-refractivity contribution in [3.05, 3.63) is 12.2 Å². The number of piperidine rings is 1. The molecular formula is C13H23NO2. The fraction of sp³-hybridized carbons (Fsp3) is 0.769. The Morgan fingerprint density at radius 2 is 2.00 bits per heavy atom. The number of carboxylic acid groups (broad SMARTS) is 1. The maximum Gasteiger partial charge on any atom is 0.309 e. The highest BCUT2D eigenvalue weighted by Crippen LogP contribution is 2.36. The zero-order valence-corrected chi connectivity index (χ0v) is 10.5. The first-order chi connectivity index (χ1) is 7.50. The summed E-state index contributed by atoms with van der Waals surface area (Å²) in [5.41, 5.74) is 0.693. The van der Waals surface area contributed by atoms with Gasteiger partial charge in [0.1, 0.15) is 0 Å². The van der Waals surface area contributed by atoms with E-state index in [1.165, 1.54) is 0 Å². The van der Waals surface area contributed by atoms with Gasteiger partial charge in [-0.1, -0.05) is 25.5 Å². The maximum absolute atomic E-state index is 11.4. The second kappa shape index (κ2) is 5.48. The fourth-order valence-electron chi connectivity index (χ4n) is 2.57. The van der Waals surface area contributed by atoms with Crippen LogP contribution in [0.4, 0.5) is 0 Å². The summed E-state index contributed by atoms with van der Waals surface area (Å²) < 4.78 is 0. The Hall–Kier alpha value is -0.830. The predicted molar refractivity (Wildman–Crippen MR) is 65.5 cm³/mol. The van der Waals surface area contributed by atoms with Crippen molar-refractivity contribution in [2.24, 2.45) is 5.41 Å². The normalized spacial score (nSPS) is 20.6. The standard InChI is InChI=1S/C13H23NO2/c1-4-5-13(12(15)16)6-8-14(9-7-13)10-11(2)3/h2,4-10H2,1,3H3,(H,15,16). The Kier molecular flexibility index (Phi) is 4.54. The SMILES string of the molecule is C=C(C)CN1CCC(CCC)(C(=O)O)CC1. The van der Waals surface area contributed by atoms with E-state index >= 15 is 0 Å². The van der Waals surface area contributed by atoms with Gasteiger partial charge in [0.25, 0.3) is 0 Å². The Bertz CT molecular complexity index is 265. The van der Waals surface area contributed by atoms with Crippen molar-refractivity contribution < 1.29 is 9.90 Å². The van der Waals surface area contributed by atoms with Crippen molar-refractivity contribution in [2.75, 3.05) is 19.6 Å². The minimum atomic E-state index is -0.607. The number of hydrogen-bond donors (Lipinski definition) is 1. The van der Waals surface area contributed by atoms with Crippen LogP contribution in [0, 0.1) is 5.41 Å². The maximum atomic E-state index is 11.4. The molecule has 0 atom stereocenters. The third kappa shape index (κ3) is 3.08. The highest BCUT2D eigenvalue weighted by Gasteiger charge is 2.40. The Morgan fingerprint density at radius 1 is 1.44 bits per heavy atom. The lowest BCUT2D eigenvalue weighted by atomic mass is 9.75. The van der Waals surface area contributed by atoms with Crippen LogP contribution >= 0.6 is 0 Å². The van der Waals surface area contributed by atoms with Crippen molar-refractivity contribution in [2.45, 2.75) is 39.5 Å². The van der Waals surface area contributed by atoms with E-state index in [0.29, 0.717) is 0 Å². The number of hydrogen-bond acceptors (Lipinski definition) is 2. The second-order valence-corrected chi connectivity index (χ2v) is 5.07. The monoisotopic (exact) mass is 225 g/mol. The molecule has 0 aromatic heterocycles. The molecule has 1 heterocycles. The average molecular weight is 225 g/mol. The highest BCUT2D eigenvalue weighted by atomic mass is 16.4. The minimum Gasteiger partial charge on any atom is -0.481 e. The molecule has 1 fully saturated rings. The summed E-state index contributed by atoms with van der Waals surface area (Å²) >= 11 is 0. The molecule has 1 N–H and O–H groups in total. The van der Waals surface area contributed by atoms with Crippen molar-refractivity contribution in [3.8, 4) is 0 Å². The Balaban J connectivity index is 2.56. The van der Waals surface area contributed by atoms with E-state index in [2.05, 4.69) is 18.4 Å². The molecule has 0 aromatic rings. The number of carboxylic acids is 1. The lowest BCUT2D eigenvalue weighted by molar-refractivity contribution is -0.152. The molecule has 1 aliphatic heterocycles. The van der Waals surface area contributed by atoms with Crippen LogP contribution in [0.25, 0.3) is 0 Å². The highest BCUT2D eigenvalue weighted by molar-refractivity contribution is 5.74. The van der Waals surface area contributed by atoms with Crippen LogP contribution in [0.2, 0.25) is 0 Å². The molecule has 0 saturated carbocycles. The third-order valence-electron chi connectivity index (χ3n) is 3.49. The first-order valence-corrected chi connectivity index (χ1v) is 6.10. The second-order valence-electron chi connectivity index (χ2n) is 5.07. The van der Waals surface area contributed by atoms with E-state index in [4.69, 9.17) is 0 Å². The summed E-state index contributed by atoms with van der Waals surface area (Å²) in [6.45, 7) is 10.7. The molecule has 0 radical (unpaired) electrons. The lowest BCUT2D eigenvalue weighted by Gasteiger charge is -2.38. The molecule has 1 saturated heterocycles. The van der Waals surface area contributed by atoms with Crippen LogP contribution in [0.5, 0.6) is 0 Å². The first kappa shape index (κ1) is 13.2. The summed E-state index contributed by atoms with van der Waals surface area (Å²) in [6.07, 6.45) is 3.32. The number of likely N-dealkylation sites (tertiary alicyclic amines) is 1. The van der Waals surface area contributed by atoms with E-state index in [1.807, 2.05) is 6.92 Å². The minimum absolute atomic E-state index is 0.458. The van der Waals surface area contributed by atoms with Crippen molar-refractivity contribution in [1.29, 1.82) is 0 Å². The van der Waals surface area contributed by atoms with Crippen LogP contribution in [0.1, 0.15) is 39.5 Å². The topological polar surface area (TPSA) is 40.5 Å². The van der Waals surface area contributed by atoms with Gasteiger partial charge in [-0.3, -0.25) is 9.69 Å². The van der Waals surface area contributed by atoms with Crippen LogP contribution in [-0.2, 0) is 4.79 Å². The van der Waals surface area contributed by atoms with Gasteiger partial charge < -0.3 is 5.11 Å². The molecule has 0 amide bonds. The Morgan fingerprint density at radius 3 is 2.38 bits per heavy atom. The molecule has 0 aromatic carbocycles. The van der Waals surface area contributed by atoms with E-state index in [9.17, 15) is 9.90 Å². The van der Waals surface area contributed by atoms with Crippen molar-refractivity contribution >= 4 is 5.97 Å². The van der Waals surface area contributed by atoms with Crippen molar-refractivity contribution in [3.63, 3.8) is 0 Å². The van der Waals surface area contributed by atoms with Gasteiger partial charge in [0.2, 0.25) is 0 Å². The average Bonchev–Trinajstić information content (AvgIpc) is 2.20. The summed E-state index contributed by atoms with van der Waals surface area (Å²) in [4.78, 5) is 13.7. The van der Waals surface area contributed by atoms with Crippen LogP contribution in [-0.4, -0.2) is 35.6 Å². The van der Waals surface area contributed by atoms with Gasteiger partial charge in [-0.25, -0.2) is 0 Å². The fourth-order valence-corrected chi connectivity index (χ4v) is 2.57. The van der Waals surface area contributed by atoms with E-state index in [-0.39, 0.29) is 0 Å². The predicted octanol–water partition coefficient (Wildman–Crippen LogP) is 2.53. The van der Waals surface area contributed by atoms with Gasteiger partial charge in [-0.05, 0) is 39.3 Å². The summed E-state index contributed by atoms with van der Waals surface area (Å²) in [5.74, 6) is -0.607. The Labute approximate surface area is 98.1 Å². The van der Waals surface area contributed by atoms with Crippen LogP contribution < -0.4 is 0 Å². The van der Waals surface area contributed by atoms with Gasteiger partial charge >= 0.3 is 5.97 Å². The molecule has 16 heavy (non-hydrogen) atoms. The van der Waals surface area contributed by atoms with Crippen molar-refractivity contribution in [1.82, 2.24) is 4.90 Å². The number of carbonyl (C=O) groups is 1. The molecule has 1 rings (SSSR count). The molecule has 3 heteroatoms. The van der Waals surface area contributed by atoms with Crippen LogP contribution in [0.3, 0.4) is 0 Å². The van der Waals surface area contributed by atoms with Crippen LogP contribution in [0.15, 0.2) is 12.2 Å².